The van der Waals surface area contributed by atoms with Crippen molar-refractivity contribution in [2.24, 2.45) is 0 Å². The maximum Gasteiger partial charge on any atom is 0.270 e. The number of amides is 1. The molecule has 2 aromatic rings. The van der Waals surface area contributed by atoms with Gasteiger partial charge in [-0.05, 0) is 37.5 Å². The van der Waals surface area contributed by atoms with Gasteiger partial charge < -0.3 is 10.6 Å². The van der Waals surface area contributed by atoms with Crippen LogP contribution in [0.3, 0.4) is 0 Å². The largest absolute Gasteiger partial charge is 0.370 e. The Kier molecular flexibility index (Phi) is 6.02. The Morgan fingerprint density at radius 3 is 2.61 bits per heavy atom. The summed E-state index contributed by atoms with van der Waals surface area (Å²) in [6, 6.07) is 7.90. The summed E-state index contributed by atoms with van der Waals surface area (Å²) >= 11 is 0. The van der Waals surface area contributed by atoms with E-state index in [-0.39, 0.29) is 11.7 Å². The van der Waals surface area contributed by atoms with Crippen molar-refractivity contribution in [1.82, 2.24) is 15.3 Å². The molecule has 1 aromatic carbocycles. The van der Waals surface area contributed by atoms with Gasteiger partial charge in [-0.25, -0.2) is 14.4 Å². The molecular formula is C17H21FN4O. The maximum atomic E-state index is 12.8. The number of hydrogen-bond donors (Lipinski definition) is 2. The average Bonchev–Trinajstić information content (AvgIpc) is 2.54. The molecule has 122 valence electrons. The Morgan fingerprint density at radius 1 is 1.17 bits per heavy atom. The first kappa shape index (κ1) is 16.9. The number of aromatic nitrogens is 2. The number of nitrogens with one attached hydrogen (secondary N) is 2. The van der Waals surface area contributed by atoms with Gasteiger partial charge in [-0.3, -0.25) is 4.79 Å². The van der Waals surface area contributed by atoms with Gasteiger partial charge in [-0.1, -0.05) is 19.1 Å². The number of hydrogen-bond acceptors (Lipinski definition) is 4. The smallest absolute Gasteiger partial charge is 0.270 e. The number of rotatable bonds is 7. The van der Waals surface area contributed by atoms with Crippen molar-refractivity contribution in [2.75, 3.05) is 18.4 Å². The molecule has 2 rings (SSSR count). The molecule has 2 N–H and O–H groups in total. The monoisotopic (exact) mass is 316 g/mol. The lowest BCUT2D eigenvalue weighted by Gasteiger charge is -2.08. The third-order valence-corrected chi connectivity index (χ3v) is 3.24. The Morgan fingerprint density at radius 2 is 1.91 bits per heavy atom. The number of carbonyl (C=O) groups excluding carboxylic acids is 1. The fraction of sp³-hybridized carbons (Fsp3) is 0.353. The van der Waals surface area contributed by atoms with Crippen molar-refractivity contribution < 1.29 is 9.18 Å². The number of carbonyl (C=O) groups is 1. The average molecular weight is 316 g/mol. The molecule has 0 unspecified atom stereocenters. The molecule has 1 heterocycles. The highest BCUT2D eigenvalue weighted by molar-refractivity contribution is 5.92. The lowest BCUT2D eigenvalue weighted by molar-refractivity contribution is 0.0949. The predicted octanol–water partition coefficient (Wildman–Crippen LogP) is 2.72. The number of anilines is 1. The van der Waals surface area contributed by atoms with Gasteiger partial charge in [0.25, 0.3) is 5.91 Å². The molecule has 0 spiro atoms. The molecule has 1 aromatic heterocycles. The van der Waals surface area contributed by atoms with Crippen LogP contribution in [0.4, 0.5) is 10.2 Å². The van der Waals surface area contributed by atoms with Crippen LogP contribution in [-0.4, -0.2) is 29.0 Å². The van der Waals surface area contributed by atoms with Gasteiger partial charge in [-0.2, -0.15) is 0 Å². The molecule has 6 heteroatoms. The Bertz CT molecular complexity index is 658. The molecule has 0 radical (unpaired) electrons. The highest BCUT2D eigenvalue weighted by Crippen LogP contribution is 2.07. The standard InChI is InChI=1S/C17H21FN4O/c1-3-9-19-16-11-15(21-12(2)22-16)17(23)20-10-8-13-4-6-14(18)7-5-13/h4-7,11H,3,8-10H2,1-2H3,(H,20,23)(H,19,21,22). The van der Waals surface area contributed by atoms with E-state index in [1.807, 2.05) is 0 Å². The molecule has 0 aliphatic heterocycles. The summed E-state index contributed by atoms with van der Waals surface area (Å²) in [6.45, 7) is 5.07. The summed E-state index contributed by atoms with van der Waals surface area (Å²) < 4.78 is 12.8. The topological polar surface area (TPSA) is 66.9 Å². The second-order valence-corrected chi connectivity index (χ2v) is 5.24. The van der Waals surface area contributed by atoms with E-state index in [4.69, 9.17) is 0 Å². The van der Waals surface area contributed by atoms with Crippen molar-refractivity contribution in [3.05, 3.63) is 53.2 Å². The van der Waals surface area contributed by atoms with Crippen molar-refractivity contribution in [2.45, 2.75) is 26.7 Å². The first-order valence-corrected chi connectivity index (χ1v) is 7.70. The summed E-state index contributed by atoms with van der Waals surface area (Å²) in [5.74, 6) is 0.705. The lowest BCUT2D eigenvalue weighted by Crippen LogP contribution is -2.27. The molecule has 1 amide bonds. The highest BCUT2D eigenvalue weighted by atomic mass is 19.1. The third-order valence-electron chi connectivity index (χ3n) is 3.24. The summed E-state index contributed by atoms with van der Waals surface area (Å²) in [6.07, 6.45) is 1.61. The van der Waals surface area contributed by atoms with E-state index in [9.17, 15) is 9.18 Å². The van der Waals surface area contributed by atoms with Gasteiger partial charge in [0.15, 0.2) is 0 Å². The normalized spacial score (nSPS) is 10.4. The van der Waals surface area contributed by atoms with Crippen LogP contribution < -0.4 is 10.6 Å². The Labute approximate surface area is 135 Å². The van der Waals surface area contributed by atoms with E-state index in [1.54, 1.807) is 25.1 Å². The lowest BCUT2D eigenvalue weighted by atomic mass is 10.1. The van der Waals surface area contributed by atoms with Crippen molar-refractivity contribution in [3.8, 4) is 0 Å². The molecule has 0 saturated carbocycles. The first-order chi connectivity index (χ1) is 11.1. The van der Waals surface area contributed by atoms with E-state index in [2.05, 4.69) is 27.5 Å². The molecule has 0 aliphatic rings. The second-order valence-electron chi connectivity index (χ2n) is 5.24. The minimum Gasteiger partial charge on any atom is -0.370 e. The van der Waals surface area contributed by atoms with Crippen LogP contribution in [-0.2, 0) is 6.42 Å². The van der Waals surface area contributed by atoms with Crippen molar-refractivity contribution >= 4 is 11.7 Å². The molecule has 0 bridgehead atoms. The van der Waals surface area contributed by atoms with E-state index < -0.39 is 0 Å². The minimum absolute atomic E-state index is 0.239. The minimum atomic E-state index is -0.263. The van der Waals surface area contributed by atoms with Gasteiger partial charge in [0, 0.05) is 19.2 Å². The predicted molar refractivity (Wildman–Crippen MR) is 88.0 cm³/mol. The Hall–Kier alpha value is -2.50. The molecule has 0 saturated heterocycles. The van der Waals surface area contributed by atoms with Gasteiger partial charge >= 0.3 is 0 Å². The zero-order valence-corrected chi connectivity index (χ0v) is 13.4. The van der Waals surface area contributed by atoms with E-state index >= 15 is 0 Å². The molecule has 0 atom stereocenters. The third kappa shape index (κ3) is 5.32. The Balaban J connectivity index is 1.92. The summed E-state index contributed by atoms with van der Waals surface area (Å²) in [4.78, 5) is 20.6. The fourth-order valence-corrected chi connectivity index (χ4v) is 2.09. The SMILES string of the molecule is CCCNc1cc(C(=O)NCCc2ccc(F)cc2)nc(C)n1. The van der Waals surface area contributed by atoms with Gasteiger partial charge in [0.2, 0.25) is 0 Å². The molecule has 0 fully saturated rings. The fourth-order valence-electron chi connectivity index (χ4n) is 2.09. The molecule has 23 heavy (non-hydrogen) atoms. The molecule has 5 nitrogen and oxygen atoms in total. The summed E-state index contributed by atoms with van der Waals surface area (Å²) in [7, 11) is 0. The van der Waals surface area contributed by atoms with Crippen LogP contribution in [0.5, 0.6) is 0 Å². The quantitative estimate of drug-likeness (QED) is 0.824. The van der Waals surface area contributed by atoms with Gasteiger partial charge in [-0.15, -0.1) is 0 Å². The zero-order chi connectivity index (χ0) is 16.7. The van der Waals surface area contributed by atoms with Crippen LogP contribution in [0, 0.1) is 12.7 Å². The molecular weight excluding hydrogens is 295 g/mol. The van der Waals surface area contributed by atoms with Crippen LogP contribution in [0.25, 0.3) is 0 Å². The van der Waals surface area contributed by atoms with Crippen LogP contribution in [0.1, 0.15) is 35.2 Å². The molecule has 0 aliphatic carbocycles. The first-order valence-electron chi connectivity index (χ1n) is 7.70. The number of aryl methyl sites for hydroxylation is 1. The van der Waals surface area contributed by atoms with Crippen molar-refractivity contribution in [1.29, 1.82) is 0 Å². The maximum absolute atomic E-state index is 12.8. The summed E-state index contributed by atoms with van der Waals surface area (Å²) in [5, 5.41) is 5.97. The van der Waals surface area contributed by atoms with Crippen LogP contribution in [0.2, 0.25) is 0 Å². The zero-order valence-electron chi connectivity index (χ0n) is 13.4. The number of halogens is 1. The van der Waals surface area contributed by atoms with Gasteiger partial charge in [0.1, 0.15) is 23.2 Å². The van der Waals surface area contributed by atoms with E-state index in [0.29, 0.717) is 30.3 Å². The van der Waals surface area contributed by atoms with Crippen molar-refractivity contribution in [3.63, 3.8) is 0 Å². The highest BCUT2D eigenvalue weighted by Gasteiger charge is 2.10. The van der Waals surface area contributed by atoms with E-state index in [0.717, 1.165) is 18.5 Å². The van der Waals surface area contributed by atoms with Crippen LogP contribution in [0.15, 0.2) is 30.3 Å². The van der Waals surface area contributed by atoms with Gasteiger partial charge in [0.05, 0.1) is 0 Å². The second kappa shape index (κ2) is 8.22. The van der Waals surface area contributed by atoms with E-state index in [1.165, 1.54) is 12.1 Å². The number of benzene rings is 1. The van der Waals surface area contributed by atoms with Crippen LogP contribution >= 0.6 is 0 Å². The summed E-state index contributed by atoms with van der Waals surface area (Å²) in [5.41, 5.74) is 1.31. The number of nitrogens with zero attached hydrogens (tertiary/aromatic N) is 2.